The fourth-order valence-corrected chi connectivity index (χ4v) is 17.6. The second kappa shape index (κ2) is 25.3. The molecule has 4 heteroatoms. The lowest BCUT2D eigenvalue weighted by Crippen LogP contribution is -2.61. The van der Waals surface area contributed by atoms with Crippen LogP contribution in [0, 0.1) is 0 Å². The Bertz CT molecular complexity index is 6510. The highest BCUT2D eigenvalue weighted by Gasteiger charge is 2.50. The summed E-state index contributed by atoms with van der Waals surface area (Å²) in [6.45, 7) is 33.7. The number of rotatable bonds is 9. The predicted molar refractivity (Wildman–Crippen MR) is 467 cm³/mol. The van der Waals surface area contributed by atoms with Crippen molar-refractivity contribution in [2.45, 2.75) is 136 Å². The summed E-state index contributed by atoms with van der Waals surface area (Å²) in [6, 6.07) is 84.5. The van der Waals surface area contributed by atoms with Crippen molar-refractivity contribution in [3.05, 3.63) is 359 Å². The van der Waals surface area contributed by atoms with Gasteiger partial charge >= 0.3 is 0 Å². The van der Waals surface area contributed by atoms with Crippen LogP contribution in [0.25, 0.3) is 83.1 Å². The molecule has 0 radical (unpaired) electrons. The van der Waals surface area contributed by atoms with Gasteiger partial charge in [0.25, 0.3) is 6.71 Å². The Balaban J connectivity index is 1.06. The van der Waals surface area contributed by atoms with Crippen LogP contribution in [0.4, 0.5) is 34.1 Å². The van der Waals surface area contributed by atoms with Gasteiger partial charge in [-0.15, -0.1) is 0 Å². The molecule has 0 N–H and O–H groups in total. The Morgan fingerprint density at radius 3 is 1.28 bits per heavy atom. The van der Waals surface area contributed by atoms with Gasteiger partial charge in [0.15, 0.2) is 0 Å². The minimum atomic E-state index is -2.14. The van der Waals surface area contributed by atoms with E-state index in [1.807, 2.05) is 42.5 Å². The zero-order valence-corrected chi connectivity index (χ0v) is 65.1. The molecule has 3 heterocycles. The molecule has 109 heavy (non-hydrogen) atoms. The maximum Gasteiger partial charge on any atom is 0.252 e. The Morgan fingerprint density at radius 1 is 0.303 bits per heavy atom. The van der Waals surface area contributed by atoms with Crippen molar-refractivity contribution in [1.82, 2.24) is 4.57 Å². The summed E-state index contributed by atoms with van der Waals surface area (Å²) in [5.41, 5.74) is 23.5. The molecule has 0 saturated heterocycles. The summed E-state index contributed by atoms with van der Waals surface area (Å²) in [5.74, 6) is 0. The van der Waals surface area contributed by atoms with Crippen molar-refractivity contribution in [3.8, 4) is 61.3 Å². The Labute approximate surface area is 660 Å². The van der Waals surface area contributed by atoms with Gasteiger partial charge in [0, 0.05) is 50.2 Å². The normalized spacial score (nSPS) is 15.1. The van der Waals surface area contributed by atoms with E-state index in [0.29, 0.717) is 33.4 Å². The van der Waals surface area contributed by atoms with Gasteiger partial charge < -0.3 is 14.4 Å². The van der Waals surface area contributed by atoms with E-state index >= 15 is 0 Å². The quantitative estimate of drug-likeness (QED) is 0.133. The summed E-state index contributed by atoms with van der Waals surface area (Å²) in [5, 5.41) is 2.32. The van der Waals surface area contributed by atoms with Gasteiger partial charge in [-0.3, -0.25) is 0 Å². The molecule has 534 valence electrons. The maximum absolute atomic E-state index is 10.2. The molecule has 15 aromatic rings. The largest absolute Gasteiger partial charge is 0.311 e. The van der Waals surface area contributed by atoms with Crippen molar-refractivity contribution in [2.24, 2.45) is 0 Å². The zero-order chi connectivity index (χ0) is 84.1. The molecule has 1 aliphatic carbocycles. The molecule has 0 fully saturated rings. The van der Waals surface area contributed by atoms with E-state index in [1.165, 1.54) is 16.7 Å². The van der Waals surface area contributed by atoms with Gasteiger partial charge in [-0.1, -0.05) is 340 Å². The summed E-state index contributed by atoms with van der Waals surface area (Å²) in [6.07, 6.45) is 0. The van der Waals surface area contributed by atoms with Crippen LogP contribution >= 0.6 is 0 Å². The number of benzene rings is 14. The second-order valence-corrected chi connectivity index (χ2v) is 35.4. The lowest BCUT2D eigenvalue weighted by molar-refractivity contribution is 0.590. The molecule has 3 nitrogen and oxygen atoms in total. The highest BCUT2D eigenvalue weighted by molar-refractivity contribution is 7.00. The fraction of sp³-hybridized carbons (Fsp3) is 0.200. The van der Waals surface area contributed by atoms with Crippen molar-refractivity contribution in [1.29, 1.82) is 0 Å². The Morgan fingerprint density at radius 2 is 0.743 bits per heavy atom. The summed E-state index contributed by atoms with van der Waals surface area (Å²) in [7, 11) is 0. The van der Waals surface area contributed by atoms with E-state index in [1.54, 1.807) is 0 Å². The van der Waals surface area contributed by atoms with Crippen LogP contribution in [0.1, 0.15) is 168 Å². The lowest BCUT2D eigenvalue weighted by Gasteiger charge is -2.46. The minimum Gasteiger partial charge on any atom is -0.311 e. The number of aromatic nitrogens is 1. The van der Waals surface area contributed by atoms with Crippen molar-refractivity contribution >= 4 is 79.0 Å². The average molecular weight is 1420 g/mol. The number of hydrogen-bond donors (Lipinski definition) is 0. The number of fused-ring (bicyclic) bond motifs is 10. The molecular formula is C105H96BN3. The molecular weight excluding hydrogens is 1310 g/mol. The van der Waals surface area contributed by atoms with Crippen LogP contribution in [-0.4, -0.2) is 11.3 Å². The van der Waals surface area contributed by atoms with E-state index in [0.717, 1.165) is 123 Å². The minimum absolute atomic E-state index is 0.166. The third kappa shape index (κ3) is 11.3. The van der Waals surface area contributed by atoms with Crippen LogP contribution in [0.15, 0.2) is 309 Å². The molecule has 2 aliphatic heterocycles. The van der Waals surface area contributed by atoms with Crippen LogP contribution in [0.3, 0.4) is 0 Å². The number of anilines is 6. The van der Waals surface area contributed by atoms with E-state index in [-0.39, 0.29) is 38.2 Å². The molecule has 1 aromatic heterocycles. The van der Waals surface area contributed by atoms with Crippen molar-refractivity contribution < 1.29 is 13.7 Å². The number of hydrogen-bond acceptors (Lipinski definition) is 2. The Kier molecular flexibility index (Phi) is 13.6. The molecule has 14 aromatic carbocycles. The monoisotopic (exact) mass is 1420 g/mol. The van der Waals surface area contributed by atoms with Crippen LogP contribution in [0.2, 0.25) is 0 Å². The van der Waals surface area contributed by atoms with Crippen LogP contribution in [-0.2, 0) is 32.5 Å². The van der Waals surface area contributed by atoms with E-state index in [2.05, 4.69) is 324 Å². The standard InChI is InChI=1S/C105H96BN3/c1-100(2,3)73-50-55-90(82(59-73)67-34-21-16-22-35-67)108-94-64-76(103(10,11)12)49-53-88(94)106-89-58-70(79-45-33-46-81-80-44-31-32-47-87(80)105(97(79)81,71-40-27-19-28-41-71)72-42-29-20-30-43-72)48-54-93(89)109(99-83(68-36-23-17-24-37-68)62-77(104(13,14)15)63-84(99)69-38-25-18-26-39-69)96-66-78(65-95(108)98(96)106)107-91-56-51-74(101(4,5)6)60-85(91)86-61-75(102(7,8)9)52-57-92(86)107/h16-66H,1-15H3/i19D,20D,27D,28D,29D,30D,40D,41D,42D,43D. The summed E-state index contributed by atoms with van der Waals surface area (Å²) < 4.78 is 99.4. The lowest BCUT2D eigenvalue weighted by atomic mass is 9.33. The first-order chi connectivity index (χ1) is 56.4. The Hall–Kier alpha value is -11.5. The number of nitrogens with zero attached hydrogens (tertiary/aromatic N) is 3. The third-order valence-electron chi connectivity index (χ3n) is 23.4. The fourth-order valence-electron chi connectivity index (χ4n) is 17.6. The van der Waals surface area contributed by atoms with Crippen LogP contribution < -0.4 is 26.2 Å². The highest BCUT2D eigenvalue weighted by Crippen LogP contribution is 2.60. The summed E-state index contributed by atoms with van der Waals surface area (Å²) in [4.78, 5) is 5.13. The predicted octanol–water partition coefficient (Wildman–Crippen LogP) is 26.4. The van der Waals surface area contributed by atoms with Gasteiger partial charge in [0.1, 0.15) is 0 Å². The van der Waals surface area contributed by atoms with E-state index in [9.17, 15) is 11.0 Å². The first-order valence-corrected chi connectivity index (χ1v) is 38.4. The molecule has 0 atom stereocenters. The smallest absolute Gasteiger partial charge is 0.252 e. The van der Waals surface area contributed by atoms with Crippen molar-refractivity contribution in [2.75, 3.05) is 9.80 Å². The van der Waals surface area contributed by atoms with Gasteiger partial charge in [0.05, 0.1) is 47.2 Å². The third-order valence-corrected chi connectivity index (χ3v) is 23.4. The molecule has 18 rings (SSSR count). The SMILES string of the molecule is [2H]c1c([2H])c([2H])c(C2(c3c([2H])c([2H])c([2H])c([2H])c3[2H])c3ccccc3-c3cccc(-c4ccc5c(c4)B4c6ccc(C(C)(C)C)cc6N(c6ccc(C(C)(C)C)cc6-c6ccccc6)c6cc(-n7c8ccc(C(C)(C)C)cc8c8cc(C(C)(C)C)ccc87)cc(c64)N5c4c(-c5ccccc5)cc(C(C)(C)C)cc4-c4ccccc4)c32)c([2H])c1[2H]. The second-order valence-electron chi connectivity index (χ2n) is 35.4. The molecule has 0 bridgehead atoms. The zero-order valence-electron chi connectivity index (χ0n) is 75.1. The van der Waals surface area contributed by atoms with E-state index in [4.69, 9.17) is 2.74 Å². The molecule has 0 unspecified atom stereocenters. The molecule has 0 spiro atoms. The average Bonchev–Trinajstić information content (AvgIpc) is 1.60. The van der Waals surface area contributed by atoms with Crippen LogP contribution in [0.5, 0.6) is 0 Å². The van der Waals surface area contributed by atoms with Gasteiger partial charge in [-0.2, -0.15) is 0 Å². The maximum atomic E-state index is 10.2. The topological polar surface area (TPSA) is 11.4 Å². The molecule has 0 saturated carbocycles. The van der Waals surface area contributed by atoms with E-state index < -0.39 is 72.6 Å². The van der Waals surface area contributed by atoms with Gasteiger partial charge in [-0.25, -0.2) is 0 Å². The summed E-state index contributed by atoms with van der Waals surface area (Å²) >= 11 is 0. The van der Waals surface area contributed by atoms with Gasteiger partial charge in [0.2, 0.25) is 0 Å². The molecule has 0 amide bonds. The first-order valence-electron chi connectivity index (χ1n) is 43.4. The highest BCUT2D eigenvalue weighted by atomic mass is 15.2. The molecule has 3 aliphatic rings. The van der Waals surface area contributed by atoms with Gasteiger partial charge in [-0.05, 0) is 205 Å². The van der Waals surface area contributed by atoms with Crippen molar-refractivity contribution in [3.63, 3.8) is 0 Å². The first kappa shape index (κ1) is 58.6.